The number of nitrogens with zero attached hydrogens (tertiary/aromatic N) is 2. The number of thiophene rings is 1. The number of hydrogen-bond acceptors (Lipinski definition) is 4. The molecule has 1 aromatic rings. The second kappa shape index (κ2) is 5.70. The van der Waals surface area contributed by atoms with Gasteiger partial charge in [-0.25, -0.2) is 0 Å². The Bertz CT molecular complexity index is 790. The Morgan fingerprint density at radius 3 is 2.24 bits per heavy atom. The fourth-order valence-electron chi connectivity index (χ4n) is 1.93. The number of halogens is 5. The van der Waals surface area contributed by atoms with E-state index in [1.54, 1.807) is 57.3 Å². The Balaban J connectivity index is 2.95. The zero-order valence-electron chi connectivity index (χ0n) is 9.68. The first-order chi connectivity index (χ1) is 9.77. The average Bonchev–Trinajstić information content (AvgIpc) is 2.89. The standard InChI is InChI=1S/C12HF3I2N2OS/c13-12(14,15)10-8-7(11(17)21-10)6(4(2-18)3-19)5(1-16)9(8)20/h1H/b5-1-. The van der Waals surface area contributed by atoms with Crippen LogP contribution >= 0.6 is 56.5 Å². The van der Waals surface area contributed by atoms with Gasteiger partial charge in [0.1, 0.15) is 22.6 Å². The van der Waals surface area contributed by atoms with Crippen LogP contribution in [0, 0.1) is 25.5 Å². The van der Waals surface area contributed by atoms with Crippen molar-refractivity contribution in [1.82, 2.24) is 0 Å². The molecule has 3 nitrogen and oxygen atoms in total. The zero-order chi connectivity index (χ0) is 15.9. The van der Waals surface area contributed by atoms with Crippen molar-refractivity contribution in [3.8, 4) is 12.1 Å². The molecule has 9 heteroatoms. The predicted molar refractivity (Wildman–Crippen MR) is 86.6 cm³/mol. The fraction of sp³-hybridized carbons (Fsp3) is 0.0833. The van der Waals surface area contributed by atoms with Crippen molar-refractivity contribution >= 4 is 67.9 Å². The molecule has 0 aliphatic heterocycles. The molecule has 2 rings (SSSR count). The smallest absolute Gasteiger partial charge is 0.288 e. The molecule has 106 valence electrons. The number of fused-ring (bicyclic) bond motifs is 1. The molecule has 1 heterocycles. The molecule has 0 unspecified atom stereocenters. The third kappa shape index (κ3) is 2.51. The van der Waals surface area contributed by atoms with Gasteiger partial charge in [0.25, 0.3) is 0 Å². The lowest BCUT2D eigenvalue weighted by Gasteiger charge is -2.04. The summed E-state index contributed by atoms with van der Waals surface area (Å²) in [7, 11) is 0. The first kappa shape index (κ1) is 16.5. The molecule has 0 radical (unpaired) electrons. The summed E-state index contributed by atoms with van der Waals surface area (Å²) in [5.41, 5.74) is -0.841. The number of ketones is 1. The molecule has 1 aliphatic carbocycles. The maximum atomic E-state index is 13.0. The summed E-state index contributed by atoms with van der Waals surface area (Å²) < 4.78 is 40.6. The summed E-state index contributed by atoms with van der Waals surface area (Å²) in [6.45, 7) is 0. The Morgan fingerprint density at radius 1 is 1.24 bits per heavy atom. The lowest BCUT2D eigenvalue weighted by atomic mass is 10.0. The molecule has 0 amide bonds. The van der Waals surface area contributed by atoms with E-state index < -0.39 is 22.4 Å². The van der Waals surface area contributed by atoms with Gasteiger partial charge in [-0.05, 0) is 26.7 Å². The number of alkyl halides is 3. The molecule has 0 saturated heterocycles. The highest BCUT2D eigenvalue weighted by Crippen LogP contribution is 2.51. The Kier molecular flexibility index (Phi) is 4.46. The summed E-state index contributed by atoms with van der Waals surface area (Å²) in [6, 6.07) is 3.27. The normalized spacial score (nSPS) is 15.9. The molecule has 0 atom stereocenters. The summed E-state index contributed by atoms with van der Waals surface area (Å²) in [6.07, 6.45) is -4.65. The lowest BCUT2D eigenvalue weighted by molar-refractivity contribution is -0.134. The van der Waals surface area contributed by atoms with Crippen LogP contribution in [0.25, 0.3) is 5.57 Å². The topological polar surface area (TPSA) is 64.7 Å². The minimum absolute atomic E-state index is 0.00875. The molecule has 1 aliphatic rings. The molecule has 0 aromatic carbocycles. The third-order valence-electron chi connectivity index (χ3n) is 2.70. The number of rotatable bonds is 0. The number of nitriles is 2. The van der Waals surface area contributed by atoms with Crippen molar-refractivity contribution in [3.63, 3.8) is 0 Å². The van der Waals surface area contributed by atoms with Crippen molar-refractivity contribution < 1.29 is 18.0 Å². The molecule has 0 fully saturated rings. The summed E-state index contributed by atoms with van der Waals surface area (Å²) in [5.74, 6) is -0.802. The SMILES string of the molecule is N#CC(C#N)=C1/C(=C/I)C(=O)c2c(C(F)(F)F)sc(I)c21. The van der Waals surface area contributed by atoms with E-state index in [0.29, 0.717) is 11.3 Å². The second-order valence-corrected chi connectivity index (χ2v) is 7.23. The fourth-order valence-corrected chi connectivity index (χ4v) is 4.62. The number of hydrogen-bond donors (Lipinski definition) is 0. The molecular formula is C12HF3I2N2OS. The van der Waals surface area contributed by atoms with Crippen LogP contribution in [0.3, 0.4) is 0 Å². The van der Waals surface area contributed by atoms with E-state index in [1.165, 1.54) is 4.08 Å². The minimum atomic E-state index is -4.65. The van der Waals surface area contributed by atoms with Crippen LogP contribution < -0.4 is 0 Å². The molecule has 0 N–H and O–H groups in total. The van der Waals surface area contributed by atoms with Gasteiger partial charge in [0.15, 0.2) is 5.78 Å². The maximum absolute atomic E-state index is 13.0. The van der Waals surface area contributed by atoms with Crippen LogP contribution in [-0.4, -0.2) is 5.78 Å². The summed E-state index contributed by atoms with van der Waals surface area (Å²) >= 11 is 3.84. The molecule has 0 saturated carbocycles. The van der Waals surface area contributed by atoms with Gasteiger partial charge in [-0.2, -0.15) is 23.7 Å². The first-order valence-electron chi connectivity index (χ1n) is 5.07. The van der Waals surface area contributed by atoms with E-state index >= 15 is 0 Å². The average molecular weight is 532 g/mol. The summed E-state index contributed by atoms with van der Waals surface area (Å²) in [5, 5.41) is 18.0. The number of carbonyl (C=O) groups excluding carboxylic acids is 1. The number of Topliss-reactive ketones (excluding diaryl/α,β-unsaturated/α-hetero) is 1. The highest BCUT2D eigenvalue weighted by Gasteiger charge is 2.46. The van der Waals surface area contributed by atoms with Gasteiger partial charge in [0.05, 0.1) is 8.45 Å². The van der Waals surface area contributed by atoms with Crippen LogP contribution in [0.4, 0.5) is 13.2 Å². The van der Waals surface area contributed by atoms with E-state index in [9.17, 15) is 18.0 Å². The highest BCUT2D eigenvalue weighted by molar-refractivity contribution is 14.1. The van der Waals surface area contributed by atoms with Crippen molar-refractivity contribution in [1.29, 1.82) is 10.5 Å². The van der Waals surface area contributed by atoms with Gasteiger partial charge >= 0.3 is 6.18 Å². The number of allylic oxidation sites excluding steroid dienone is 3. The van der Waals surface area contributed by atoms with Crippen molar-refractivity contribution in [2.75, 3.05) is 0 Å². The molecule has 21 heavy (non-hydrogen) atoms. The van der Waals surface area contributed by atoms with Gasteiger partial charge in [-0.15, -0.1) is 11.3 Å². The van der Waals surface area contributed by atoms with E-state index in [0.717, 1.165) is 0 Å². The lowest BCUT2D eigenvalue weighted by Crippen LogP contribution is -2.08. The van der Waals surface area contributed by atoms with E-state index in [2.05, 4.69) is 0 Å². The number of carbonyl (C=O) groups is 1. The third-order valence-corrected chi connectivity index (χ3v) is 5.54. The predicted octanol–water partition coefficient (Wildman–Crippen LogP) is 4.69. The molecule has 0 bridgehead atoms. The van der Waals surface area contributed by atoms with Gasteiger partial charge in [-0.1, -0.05) is 22.6 Å². The van der Waals surface area contributed by atoms with E-state index in [1.807, 2.05) is 0 Å². The first-order valence-corrected chi connectivity index (χ1v) is 8.21. The van der Waals surface area contributed by atoms with Crippen LogP contribution in [0.5, 0.6) is 0 Å². The van der Waals surface area contributed by atoms with Crippen molar-refractivity contribution in [2.24, 2.45) is 0 Å². The highest BCUT2D eigenvalue weighted by atomic mass is 127. The van der Waals surface area contributed by atoms with Crippen molar-refractivity contribution in [2.45, 2.75) is 6.18 Å². The van der Waals surface area contributed by atoms with Gasteiger partial charge in [-0.3, -0.25) is 4.79 Å². The van der Waals surface area contributed by atoms with Gasteiger partial charge in [0.2, 0.25) is 0 Å². The van der Waals surface area contributed by atoms with Crippen LogP contribution in [-0.2, 0) is 6.18 Å². The molecule has 0 spiro atoms. The minimum Gasteiger partial charge on any atom is -0.288 e. The second-order valence-electron chi connectivity index (χ2n) is 3.78. The Morgan fingerprint density at radius 2 is 1.81 bits per heavy atom. The monoisotopic (exact) mass is 532 g/mol. The van der Waals surface area contributed by atoms with E-state index in [4.69, 9.17) is 10.5 Å². The van der Waals surface area contributed by atoms with Crippen LogP contribution in [0.15, 0.2) is 15.2 Å². The largest absolute Gasteiger partial charge is 0.426 e. The quantitative estimate of drug-likeness (QED) is 0.277. The molecular weight excluding hydrogens is 531 g/mol. The Labute approximate surface area is 148 Å². The van der Waals surface area contributed by atoms with Gasteiger partial charge in [0, 0.05) is 16.7 Å². The van der Waals surface area contributed by atoms with Gasteiger partial charge < -0.3 is 0 Å². The van der Waals surface area contributed by atoms with Crippen LogP contribution in [0.2, 0.25) is 0 Å². The summed E-state index contributed by atoms with van der Waals surface area (Å²) in [4.78, 5) is 11.2. The van der Waals surface area contributed by atoms with Crippen molar-refractivity contribution in [3.05, 3.63) is 34.1 Å². The molecule has 1 aromatic heterocycles. The maximum Gasteiger partial charge on any atom is 0.426 e. The van der Waals surface area contributed by atoms with E-state index in [-0.39, 0.29) is 25.2 Å². The Hall–Kier alpha value is -0.920. The van der Waals surface area contributed by atoms with Crippen LogP contribution in [0.1, 0.15) is 20.8 Å². The zero-order valence-corrected chi connectivity index (χ0v) is 14.8.